The highest BCUT2D eigenvalue weighted by Crippen LogP contribution is 2.41. The molecular weight excluding hydrogens is 534 g/mol. The summed E-state index contributed by atoms with van der Waals surface area (Å²) in [6.07, 6.45) is 4.12. The Kier molecular flexibility index (Phi) is 6.84. The van der Waals surface area contributed by atoms with Crippen LogP contribution in [0.25, 0.3) is 49.3 Å². The molecule has 0 heterocycles. The van der Waals surface area contributed by atoms with Gasteiger partial charge in [0.1, 0.15) is 6.07 Å². The third-order valence-corrected chi connectivity index (χ3v) is 8.18. The van der Waals surface area contributed by atoms with Gasteiger partial charge in [-0.3, -0.25) is 0 Å². The number of aryl methyl sites for hydroxylation is 1. The summed E-state index contributed by atoms with van der Waals surface area (Å²) in [6.45, 7) is 10.1. The van der Waals surface area contributed by atoms with Crippen molar-refractivity contribution in [3.8, 4) is 6.07 Å². The molecule has 0 radical (unpaired) electrons. The van der Waals surface area contributed by atoms with Gasteiger partial charge in [0.15, 0.2) is 0 Å². The zero-order valence-corrected chi connectivity index (χ0v) is 24.2. The minimum absolute atomic E-state index is 0.578. The van der Waals surface area contributed by atoms with Gasteiger partial charge in [0, 0.05) is 16.8 Å². The van der Waals surface area contributed by atoms with Crippen LogP contribution >= 0.6 is 0 Å². The molecule has 7 aromatic carbocycles. The van der Waals surface area contributed by atoms with Gasteiger partial charge in [-0.2, -0.15) is 5.26 Å². The quantitative estimate of drug-likeness (QED) is 0.119. The van der Waals surface area contributed by atoms with Crippen LogP contribution in [-0.2, 0) is 0 Å². The molecule has 0 aliphatic rings. The molecule has 0 spiro atoms. The second-order valence-electron chi connectivity index (χ2n) is 10.9. The van der Waals surface area contributed by atoms with Gasteiger partial charge in [-0.1, -0.05) is 121 Å². The van der Waals surface area contributed by atoms with E-state index in [-0.39, 0.29) is 0 Å². The van der Waals surface area contributed by atoms with E-state index >= 15 is 0 Å². The highest BCUT2D eigenvalue weighted by Gasteiger charge is 2.17. The zero-order valence-electron chi connectivity index (χ0n) is 24.2. The van der Waals surface area contributed by atoms with Gasteiger partial charge >= 0.3 is 0 Å². The standard InChI is InChI=1S/C41H27N3/c1-28-17-23-32(24-18-28)44(39-16-8-10-30-9-3-4-12-34(30)39)33-25-20-29(21-26-33)19-22-31-11-7-15-36-38(27-42)35-13-5-6-14-37(35)41(43-2)40(31)36/h3-26H,1H3. The number of hydrogen-bond donors (Lipinski definition) is 0. The molecule has 0 aliphatic heterocycles. The van der Waals surface area contributed by atoms with E-state index in [1.54, 1.807) is 0 Å². The summed E-state index contributed by atoms with van der Waals surface area (Å²) in [7, 11) is 0. The van der Waals surface area contributed by atoms with Crippen molar-refractivity contribution in [2.45, 2.75) is 6.92 Å². The topological polar surface area (TPSA) is 31.4 Å². The van der Waals surface area contributed by atoms with Gasteiger partial charge in [-0.15, -0.1) is 0 Å². The van der Waals surface area contributed by atoms with Crippen LogP contribution in [0, 0.1) is 24.8 Å². The number of rotatable bonds is 5. The van der Waals surface area contributed by atoms with Gasteiger partial charge < -0.3 is 4.90 Å². The Morgan fingerprint density at radius 1 is 0.636 bits per heavy atom. The Morgan fingerprint density at radius 3 is 1.98 bits per heavy atom. The van der Waals surface area contributed by atoms with Crippen LogP contribution in [0.3, 0.4) is 0 Å². The van der Waals surface area contributed by atoms with Crippen LogP contribution in [-0.4, -0.2) is 0 Å². The maximum absolute atomic E-state index is 10.1. The molecule has 3 heteroatoms. The van der Waals surface area contributed by atoms with E-state index in [1.165, 1.54) is 16.3 Å². The molecular formula is C41H27N3. The number of benzene rings is 7. The normalized spacial score (nSPS) is 11.2. The smallest absolute Gasteiger partial charge is 0.203 e. The fraction of sp³-hybridized carbons (Fsp3) is 0.0244. The second kappa shape index (κ2) is 11.3. The van der Waals surface area contributed by atoms with Gasteiger partial charge in [0.2, 0.25) is 5.69 Å². The first-order valence-electron chi connectivity index (χ1n) is 14.5. The van der Waals surface area contributed by atoms with Crippen molar-refractivity contribution in [2.75, 3.05) is 4.90 Å². The Hall–Kier alpha value is -6.16. The van der Waals surface area contributed by atoms with E-state index in [1.807, 2.05) is 48.5 Å². The molecule has 0 saturated carbocycles. The summed E-state index contributed by atoms with van der Waals surface area (Å²) in [5.41, 5.74) is 7.64. The number of fused-ring (bicyclic) bond motifs is 3. The molecule has 0 bridgehead atoms. The van der Waals surface area contributed by atoms with Crippen molar-refractivity contribution in [3.63, 3.8) is 0 Å². The second-order valence-corrected chi connectivity index (χ2v) is 10.9. The first kappa shape index (κ1) is 26.7. The maximum atomic E-state index is 10.1. The Bertz CT molecular complexity index is 2290. The van der Waals surface area contributed by atoms with E-state index in [2.05, 4.69) is 120 Å². The Balaban J connectivity index is 1.31. The van der Waals surface area contributed by atoms with Crippen molar-refractivity contribution in [2.24, 2.45) is 0 Å². The monoisotopic (exact) mass is 561 g/mol. The SMILES string of the molecule is [C-]#[N+]c1c2ccccc2c(C#N)c2cccc(C=Cc3ccc(N(c4ccc(C)cc4)c4cccc5ccccc45)cc3)c12. The van der Waals surface area contributed by atoms with Crippen LogP contribution in [0.2, 0.25) is 0 Å². The average Bonchev–Trinajstić information content (AvgIpc) is 3.08. The lowest BCUT2D eigenvalue weighted by Crippen LogP contribution is -2.10. The fourth-order valence-electron chi connectivity index (χ4n) is 6.05. The van der Waals surface area contributed by atoms with Crippen molar-refractivity contribution in [1.29, 1.82) is 5.26 Å². The van der Waals surface area contributed by atoms with Gasteiger partial charge in [-0.05, 0) is 75.3 Å². The molecule has 0 atom stereocenters. The van der Waals surface area contributed by atoms with E-state index in [0.717, 1.165) is 49.7 Å². The summed E-state index contributed by atoms with van der Waals surface area (Å²) < 4.78 is 0. The Morgan fingerprint density at radius 2 is 1.25 bits per heavy atom. The molecule has 3 nitrogen and oxygen atoms in total. The van der Waals surface area contributed by atoms with Gasteiger partial charge in [-0.25, -0.2) is 4.85 Å². The van der Waals surface area contributed by atoms with Crippen LogP contribution in [0.5, 0.6) is 0 Å². The van der Waals surface area contributed by atoms with Crippen molar-refractivity contribution < 1.29 is 0 Å². The molecule has 0 aliphatic carbocycles. The number of nitriles is 1. The molecule has 0 unspecified atom stereocenters. The molecule has 0 fully saturated rings. The van der Waals surface area contributed by atoms with Crippen molar-refractivity contribution in [3.05, 3.63) is 167 Å². The predicted molar refractivity (Wildman–Crippen MR) is 185 cm³/mol. The van der Waals surface area contributed by atoms with Gasteiger partial charge in [0.25, 0.3) is 0 Å². The molecule has 7 rings (SSSR count). The molecule has 0 N–H and O–H groups in total. The average molecular weight is 562 g/mol. The molecule has 0 aromatic heterocycles. The lowest BCUT2D eigenvalue weighted by atomic mass is 9.92. The summed E-state index contributed by atoms with van der Waals surface area (Å²) in [5.74, 6) is 0. The third kappa shape index (κ3) is 4.64. The largest absolute Gasteiger partial charge is 0.310 e. The fourth-order valence-corrected chi connectivity index (χ4v) is 6.05. The summed E-state index contributed by atoms with van der Waals surface area (Å²) in [6, 6.07) is 48.0. The van der Waals surface area contributed by atoms with E-state index in [4.69, 9.17) is 6.57 Å². The molecule has 0 saturated heterocycles. The van der Waals surface area contributed by atoms with E-state index in [0.29, 0.717) is 11.3 Å². The third-order valence-electron chi connectivity index (χ3n) is 8.18. The van der Waals surface area contributed by atoms with Gasteiger partial charge in [0.05, 0.1) is 17.8 Å². The highest BCUT2D eigenvalue weighted by molar-refractivity contribution is 6.17. The van der Waals surface area contributed by atoms with Crippen molar-refractivity contribution in [1.82, 2.24) is 0 Å². The molecule has 7 aromatic rings. The maximum Gasteiger partial charge on any atom is 0.203 e. The van der Waals surface area contributed by atoms with Crippen LogP contribution < -0.4 is 4.90 Å². The van der Waals surface area contributed by atoms with Crippen molar-refractivity contribution >= 4 is 67.2 Å². The zero-order chi connectivity index (χ0) is 30.0. The summed E-state index contributed by atoms with van der Waals surface area (Å²) >= 11 is 0. The van der Waals surface area contributed by atoms with E-state index < -0.39 is 0 Å². The highest BCUT2D eigenvalue weighted by atomic mass is 15.1. The first-order valence-corrected chi connectivity index (χ1v) is 14.5. The molecule has 44 heavy (non-hydrogen) atoms. The molecule has 0 amide bonds. The lowest BCUT2D eigenvalue weighted by molar-refractivity contribution is 1.29. The van der Waals surface area contributed by atoms with Crippen LogP contribution in [0.1, 0.15) is 22.3 Å². The Labute approximate surface area is 257 Å². The minimum Gasteiger partial charge on any atom is -0.310 e. The summed E-state index contributed by atoms with van der Waals surface area (Å²) in [4.78, 5) is 6.24. The van der Waals surface area contributed by atoms with Crippen LogP contribution in [0.4, 0.5) is 22.7 Å². The van der Waals surface area contributed by atoms with Crippen LogP contribution in [0.15, 0.2) is 133 Å². The number of hydrogen-bond acceptors (Lipinski definition) is 2. The minimum atomic E-state index is 0.578. The molecule has 206 valence electrons. The first-order chi connectivity index (χ1) is 21.7. The number of anilines is 3. The number of nitrogens with zero attached hydrogens (tertiary/aromatic N) is 3. The lowest BCUT2D eigenvalue weighted by Gasteiger charge is -2.27. The van der Waals surface area contributed by atoms with E-state index in [9.17, 15) is 5.26 Å². The summed E-state index contributed by atoms with van der Waals surface area (Å²) in [5, 5.41) is 15.7. The predicted octanol–water partition coefficient (Wildman–Crippen LogP) is 11.5.